The third kappa shape index (κ3) is 4.31. The average Bonchev–Trinajstić information content (AvgIpc) is 2.59. The van der Waals surface area contributed by atoms with Gasteiger partial charge in [-0.3, -0.25) is 13.9 Å². The predicted octanol–water partition coefficient (Wildman–Crippen LogP) is 1.93. The van der Waals surface area contributed by atoms with Gasteiger partial charge in [0.25, 0.3) is 10.0 Å². The van der Waals surface area contributed by atoms with E-state index in [1.165, 1.54) is 44.4 Å². The molecule has 2 N–H and O–H groups in total. The molecule has 0 heterocycles. The number of methoxy groups -OCH3 is 1. The molecule has 2 rings (SSSR count). The molecule has 0 bridgehead atoms. The largest absolute Gasteiger partial charge is 0.495 e. The van der Waals surface area contributed by atoms with Crippen LogP contribution in [0.25, 0.3) is 0 Å². The van der Waals surface area contributed by atoms with Crippen molar-refractivity contribution >= 4 is 33.3 Å². The lowest BCUT2D eigenvalue weighted by Gasteiger charge is -2.24. The van der Waals surface area contributed by atoms with E-state index in [9.17, 15) is 18.0 Å². The zero-order chi connectivity index (χ0) is 19.3. The van der Waals surface area contributed by atoms with Crippen LogP contribution in [0.1, 0.15) is 6.92 Å². The summed E-state index contributed by atoms with van der Waals surface area (Å²) in [5.41, 5.74) is 0.543. The van der Waals surface area contributed by atoms with Crippen molar-refractivity contribution in [3.63, 3.8) is 0 Å². The number of anilines is 2. The zero-order valence-electron chi connectivity index (χ0n) is 14.2. The molecule has 0 atom stereocenters. The molecule has 0 spiro atoms. The van der Waals surface area contributed by atoms with Crippen LogP contribution >= 0.6 is 0 Å². The molecule has 0 saturated heterocycles. The van der Waals surface area contributed by atoms with Gasteiger partial charge < -0.3 is 15.2 Å². The number of nitrogens with one attached hydrogen (secondary N) is 1. The number of aliphatic carboxylic acids is 1. The lowest BCUT2D eigenvalue weighted by molar-refractivity contribution is -0.135. The highest BCUT2D eigenvalue weighted by molar-refractivity contribution is 7.92. The van der Waals surface area contributed by atoms with Gasteiger partial charge in [0, 0.05) is 12.6 Å². The van der Waals surface area contributed by atoms with Gasteiger partial charge in [0.2, 0.25) is 5.91 Å². The summed E-state index contributed by atoms with van der Waals surface area (Å²) in [6.45, 7) is 0.567. The zero-order valence-corrected chi connectivity index (χ0v) is 15.0. The maximum absolute atomic E-state index is 13.0. The number of rotatable bonds is 7. The maximum Gasteiger partial charge on any atom is 0.324 e. The third-order valence-corrected chi connectivity index (χ3v) is 5.17. The van der Waals surface area contributed by atoms with E-state index in [-0.39, 0.29) is 22.2 Å². The molecule has 0 aromatic heterocycles. The number of carbonyl (C=O) groups excluding carboxylic acids is 1. The van der Waals surface area contributed by atoms with Crippen molar-refractivity contribution in [2.45, 2.75) is 11.8 Å². The molecule has 0 saturated carbocycles. The number of hydrogen-bond acceptors (Lipinski definition) is 5. The van der Waals surface area contributed by atoms with Crippen molar-refractivity contribution in [2.75, 3.05) is 23.3 Å². The lowest BCUT2D eigenvalue weighted by Crippen LogP contribution is -2.36. The van der Waals surface area contributed by atoms with E-state index in [1.807, 2.05) is 0 Å². The minimum atomic E-state index is -4.17. The summed E-state index contributed by atoms with van der Waals surface area (Å²) in [6.07, 6.45) is 0. The van der Waals surface area contributed by atoms with Crippen LogP contribution in [0.15, 0.2) is 53.4 Å². The first kappa shape index (κ1) is 19.3. The average molecular weight is 378 g/mol. The van der Waals surface area contributed by atoms with Crippen LogP contribution in [0, 0.1) is 0 Å². The predicted molar refractivity (Wildman–Crippen MR) is 95.9 cm³/mol. The number of ether oxygens (including phenoxy) is 1. The fourth-order valence-electron chi connectivity index (χ4n) is 2.30. The van der Waals surface area contributed by atoms with Crippen molar-refractivity contribution in [2.24, 2.45) is 0 Å². The summed E-state index contributed by atoms with van der Waals surface area (Å²) in [5.74, 6) is -1.37. The highest BCUT2D eigenvalue weighted by Crippen LogP contribution is 2.32. The second-order valence-corrected chi connectivity index (χ2v) is 7.15. The Bertz CT molecular complexity index is 909. The van der Waals surface area contributed by atoms with E-state index in [1.54, 1.807) is 18.2 Å². The molecule has 0 unspecified atom stereocenters. The summed E-state index contributed by atoms with van der Waals surface area (Å²) in [4.78, 5) is 22.2. The monoisotopic (exact) mass is 378 g/mol. The number of nitrogens with zero attached hydrogens (tertiary/aromatic N) is 1. The fraction of sp³-hybridized carbons (Fsp3) is 0.176. The molecular formula is C17H18N2O6S. The van der Waals surface area contributed by atoms with Crippen LogP contribution in [-0.4, -0.2) is 39.1 Å². The van der Waals surface area contributed by atoms with Crippen molar-refractivity contribution in [1.29, 1.82) is 0 Å². The Hall–Kier alpha value is -3.07. The maximum atomic E-state index is 13.0. The van der Waals surface area contributed by atoms with Crippen molar-refractivity contribution < 1.29 is 27.9 Å². The number of benzene rings is 2. The lowest BCUT2D eigenvalue weighted by atomic mass is 10.3. The second-order valence-electron chi connectivity index (χ2n) is 5.28. The molecule has 26 heavy (non-hydrogen) atoms. The molecule has 1 amide bonds. The van der Waals surface area contributed by atoms with Gasteiger partial charge in [0.15, 0.2) is 0 Å². The number of sulfonamides is 1. The summed E-state index contributed by atoms with van der Waals surface area (Å²) in [6, 6.07) is 11.7. The summed E-state index contributed by atoms with van der Waals surface area (Å²) in [7, 11) is -2.80. The molecule has 0 aliphatic rings. The molecule has 9 heteroatoms. The molecule has 0 aliphatic heterocycles. The molecule has 0 fully saturated rings. The Morgan fingerprint density at radius 2 is 1.73 bits per heavy atom. The highest BCUT2D eigenvalue weighted by atomic mass is 32.2. The van der Waals surface area contributed by atoms with Gasteiger partial charge >= 0.3 is 5.97 Å². The first-order valence-corrected chi connectivity index (χ1v) is 8.95. The van der Waals surface area contributed by atoms with E-state index < -0.39 is 22.5 Å². The molecular weight excluding hydrogens is 360 g/mol. The van der Waals surface area contributed by atoms with Crippen molar-refractivity contribution in [3.8, 4) is 5.75 Å². The highest BCUT2D eigenvalue weighted by Gasteiger charge is 2.29. The normalized spacial score (nSPS) is 10.8. The van der Waals surface area contributed by atoms with Crippen LogP contribution in [0.4, 0.5) is 11.4 Å². The van der Waals surface area contributed by atoms with Crippen LogP contribution in [0.2, 0.25) is 0 Å². The number of amides is 1. The topological polar surface area (TPSA) is 113 Å². The first-order valence-electron chi connectivity index (χ1n) is 7.51. The number of carboxylic acids is 1. The smallest absolute Gasteiger partial charge is 0.324 e. The number of carbonyl (C=O) groups is 2. The van der Waals surface area contributed by atoms with Gasteiger partial charge in [-0.15, -0.1) is 0 Å². The molecule has 0 aliphatic carbocycles. The molecule has 8 nitrogen and oxygen atoms in total. The molecule has 2 aromatic rings. The number of para-hydroxylation sites is 2. The minimum absolute atomic E-state index is 0.112. The van der Waals surface area contributed by atoms with Gasteiger partial charge in [-0.25, -0.2) is 8.42 Å². The SMILES string of the molecule is COc1ccccc1N(CC(=O)O)S(=O)(=O)c1ccc(NC(C)=O)cc1. The standard InChI is InChI=1S/C17H18N2O6S/c1-12(20)18-13-7-9-14(10-8-13)26(23,24)19(11-17(21)22)15-5-3-4-6-16(15)25-2/h3-10H,11H2,1-2H3,(H,18,20)(H,21,22). The quantitative estimate of drug-likeness (QED) is 0.761. The van der Waals surface area contributed by atoms with E-state index in [0.717, 1.165) is 4.31 Å². The van der Waals surface area contributed by atoms with E-state index >= 15 is 0 Å². The van der Waals surface area contributed by atoms with Crippen LogP contribution in [0.3, 0.4) is 0 Å². The van der Waals surface area contributed by atoms with Crippen molar-refractivity contribution in [1.82, 2.24) is 0 Å². The Labute approximate surface area is 151 Å². The molecule has 0 radical (unpaired) electrons. The Kier molecular flexibility index (Phi) is 5.83. The molecule has 2 aromatic carbocycles. The van der Waals surface area contributed by atoms with Crippen LogP contribution < -0.4 is 14.4 Å². The Morgan fingerprint density at radius 1 is 1.12 bits per heavy atom. The molecule has 138 valence electrons. The Morgan fingerprint density at radius 3 is 2.27 bits per heavy atom. The van der Waals surface area contributed by atoms with Gasteiger partial charge in [0.1, 0.15) is 12.3 Å². The summed E-state index contributed by atoms with van der Waals surface area (Å²) < 4.78 is 31.9. The van der Waals surface area contributed by atoms with Crippen LogP contribution in [-0.2, 0) is 19.6 Å². The fourth-order valence-corrected chi connectivity index (χ4v) is 3.72. The number of hydrogen-bond donors (Lipinski definition) is 2. The van der Waals surface area contributed by atoms with Gasteiger partial charge in [-0.2, -0.15) is 0 Å². The number of carboxylic acid groups (broad SMARTS) is 1. The summed E-state index contributed by atoms with van der Waals surface area (Å²) >= 11 is 0. The van der Waals surface area contributed by atoms with Crippen molar-refractivity contribution in [3.05, 3.63) is 48.5 Å². The van der Waals surface area contributed by atoms with E-state index in [2.05, 4.69) is 5.32 Å². The second kappa shape index (κ2) is 7.87. The third-order valence-electron chi connectivity index (χ3n) is 3.40. The van der Waals surface area contributed by atoms with E-state index in [0.29, 0.717) is 5.69 Å². The minimum Gasteiger partial charge on any atom is -0.495 e. The van der Waals surface area contributed by atoms with Gasteiger partial charge in [0.05, 0.1) is 17.7 Å². The van der Waals surface area contributed by atoms with E-state index in [4.69, 9.17) is 9.84 Å². The first-order chi connectivity index (χ1) is 12.3. The summed E-state index contributed by atoms with van der Waals surface area (Å²) in [5, 5.41) is 11.7. The van der Waals surface area contributed by atoms with Gasteiger partial charge in [-0.05, 0) is 36.4 Å². The van der Waals surface area contributed by atoms with Crippen LogP contribution in [0.5, 0.6) is 5.75 Å². The van der Waals surface area contributed by atoms with Gasteiger partial charge in [-0.1, -0.05) is 12.1 Å². The Balaban J connectivity index is 2.49.